The highest BCUT2D eigenvalue weighted by atomic mass is 14.3. The summed E-state index contributed by atoms with van der Waals surface area (Å²) in [4.78, 5) is 0. The van der Waals surface area contributed by atoms with Gasteiger partial charge in [0, 0.05) is 0 Å². The number of benzene rings is 12. The molecular formula is C58H32. The average Bonchev–Trinajstić information content (AvgIpc) is 3.80. The Labute approximate surface area is 333 Å². The highest BCUT2D eigenvalue weighted by molar-refractivity contribution is 6.55. The Balaban J connectivity index is 1.41. The SMILES string of the molecule is c1ccc(-c2ccc3c4c(-c5ccccc5)c5c(-c6ccccc6)c6c7cccc8cccc(c87)c6c6c7cccc8cccc(c87)c(c4c4cccc2c34)c56)cc1. The summed E-state index contributed by atoms with van der Waals surface area (Å²) in [5.74, 6) is 0. The number of hydrogen-bond acceptors (Lipinski definition) is 0. The predicted octanol–water partition coefficient (Wildman–Crippen LogP) is 16.5. The predicted molar refractivity (Wildman–Crippen MR) is 251 cm³/mol. The van der Waals surface area contributed by atoms with Gasteiger partial charge in [-0.25, -0.2) is 0 Å². The van der Waals surface area contributed by atoms with Crippen molar-refractivity contribution >= 4 is 108 Å². The lowest BCUT2D eigenvalue weighted by molar-refractivity contribution is 1.67. The average molecular weight is 729 g/mol. The van der Waals surface area contributed by atoms with Crippen molar-refractivity contribution in [3.8, 4) is 33.4 Å². The first-order chi connectivity index (χ1) is 28.8. The van der Waals surface area contributed by atoms with Gasteiger partial charge in [-0.3, -0.25) is 0 Å². The lowest BCUT2D eigenvalue weighted by Crippen LogP contribution is -1.95. The first-order valence-corrected chi connectivity index (χ1v) is 20.4. The van der Waals surface area contributed by atoms with Crippen molar-refractivity contribution in [2.24, 2.45) is 0 Å². The van der Waals surface area contributed by atoms with Gasteiger partial charge >= 0.3 is 0 Å². The molecule has 0 N–H and O–H groups in total. The quantitative estimate of drug-likeness (QED) is 0.126. The van der Waals surface area contributed by atoms with Gasteiger partial charge in [-0.05, 0) is 141 Å². The molecular weight excluding hydrogens is 697 g/mol. The van der Waals surface area contributed by atoms with Gasteiger partial charge < -0.3 is 0 Å². The van der Waals surface area contributed by atoms with Gasteiger partial charge in [-0.15, -0.1) is 0 Å². The van der Waals surface area contributed by atoms with E-state index in [2.05, 4.69) is 194 Å². The molecule has 0 bridgehead atoms. The fraction of sp³-hybridized carbons (Fsp3) is 0. The molecule has 0 unspecified atom stereocenters. The molecule has 0 heteroatoms. The van der Waals surface area contributed by atoms with Crippen LogP contribution in [-0.2, 0) is 0 Å². The van der Waals surface area contributed by atoms with E-state index in [1.54, 1.807) is 0 Å². The van der Waals surface area contributed by atoms with Gasteiger partial charge in [0.15, 0.2) is 0 Å². The zero-order valence-electron chi connectivity index (χ0n) is 31.5. The molecule has 0 saturated carbocycles. The minimum atomic E-state index is 1.24. The topological polar surface area (TPSA) is 0 Å². The van der Waals surface area contributed by atoms with Gasteiger partial charge in [-0.2, -0.15) is 0 Å². The molecule has 0 amide bonds. The normalized spacial score (nSPS) is 12.5. The molecule has 0 atom stereocenters. The Bertz CT molecular complexity index is 3960. The molecule has 14 aromatic carbocycles. The molecule has 14 rings (SSSR count). The summed E-state index contributed by atoms with van der Waals surface area (Å²) in [6.07, 6.45) is 0. The van der Waals surface area contributed by atoms with Crippen LogP contribution in [-0.4, -0.2) is 0 Å². The fourth-order valence-corrected chi connectivity index (χ4v) is 11.4. The number of rotatable bonds is 3. The van der Waals surface area contributed by atoms with Gasteiger partial charge in [0.1, 0.15) is 0 Å². The molecule has 0 nitrogen and oxygen atoms in total. The van der Waals surface area contributed by atoms with Gasteiger partial charge in [-0.1, -0.05) is 194 Å². The van der Waals surface area contributed by atoms with E-state index < -0.39 is 0 Å². The summed E-state index contributed by atoms with van der Waals surface area (Å²) in [5, 5.41) is 26.7. The van der Waals surface area contributed by atoms with E-state index in [9.17, 15) is 0 Å². The van der Waals surface area contributed by atoms with Crippen LogP contribution >= 0.6 is 0 Å². The van der Waals surface area contributed by atoms with Crippen molar-refractivity contribution in [2.45, 2.75) is 0 Å². The zero-order valence-corrected chi connectivity index (χ0v) is 31.5. The van der Waals surface area contributed by atoms with Crippen LogP contribution in [0.1, 0.15) is 0 Å². The summed E-state index contributed by atoms with van der Waals surface area (Å²) >= 11 is 0. The van der Waals surface area contributed by atoms with Gasteiger partial charge in [0.25, 0.3) is 0 Å². The van der Waals surface area contributed by atoms with E-state index in [4.69, 9.17) is 0 Å². The molecule has 58 heavy (non-hydrogen) atoms. The van der Waals surface area contributed by atoms with Crippen LogP contribution in [0.4, 0.5) is 0 Å². The van der Waals surface area contributed by atoms with Crippen molar-refractivity contribution in [1.29, 1.82) is 0 Å². The van der Waals surface area contributed by atoms with Crippen LogP contribution in [0, 0.1) is 0 Å². The Hall–Kier alpha value is -7.54. The Morgan fingerprint density at radius 2 is 0.534 bits per heavy atom. The lowest BCUT2D eigenvalue weighted by Gasteiger charge is -2.23. The molecule has 0 fully saturated rings. The lowest BCUT2D eigenvalue weighted by atomic mass is 9.79. The van der Waals surface area contributed by atoms with E-state index in [-0.39, 0.29) is 0 Å². The van der Waals surface area contributed by atoms with Crippen molar-refractivity contribution < 1.29 is 0 Å². The zero-order chi connectivity index (χ0) is 37.6. The summed E-state index contributed by atoms with van der Waals surface area (Å²) < 4.78 is 0. The summed E-state index contributed by atoms with van der Waals surface area (Å²) in [6.45, 7) is 0. The first kappa shape index (κ1) is 30.7. The van der Waals surface area contributed by atoms with E-state index in [0.29, 0.717) is 0 Å². The van der Waals surface area contributed by atoms with Crippen LogP contribution < -0.4 is 0 Å². The monoisotopic (exact) mass is 728 g/mol. The number of hydrogen-bond donors (Lipinski definition) is 0. The molecule has 0 aliphatic rings. The maximum absolute atomic E-state index is 2.43. The van der Waals surface area contributed by atoms with Crippen molar-refractivity contribution in [3.05, 3.63) is 194 Å². The third-order valence-corrected chi connectivity index (χ3v) is 13.4. The molecule has 14 aromatic rings. The Kier molecular flexibility index (Phi) is 5.85. The Morgan fingerprint density at radius 3 is 1.02 bits per heavy atom. The van der Waals surface area contributed by atoms with Crippen molar-refractivity contribution in [2.75, 3.05) is 0 Å². The molecule has 0 spiro atoms. The highest BCUT2D eigenvalue weighted by Crippen LogP contribution is 2.59. The van der Waals surface area contributed by atoms with Gasteiger partial charge in [0.05, 0.1) is 0 Å². The third kappa shape index (κ3) is 3.71. The third-order valence-electron chi connectivity index (χ3n) is 13.4. The standard InChI is InChI=1S/C58H32/c1-4-15-33(16-5-1)38-31-32-45-50-39(38)25-14-30-44(50)54-52(45)49(37-19-8-3-9-20-37)57-48(36-17-6-2-7-18-36)51-40-26-10-21-34-22-11-27-41(46(34)40)53(51)55-42-28-12-23-35-24-13-29-43(47(35)42)56(54)58(55)57/h1-32H. The minimum absolute atomic E-state index is 1.24. The second kappa shape index (κ2) is 11.1. The molecule has 264 valence electrons. The van der Waals surface area contributed by atoms with Crippen molar-refractivity contribution in [1.82, 2.24) is 0 Å². The molecule has 0 aliphatic heterocycles. The van der Waals surface area contributed by atoms with Crippen LogP contribution in [0.2, 0.25) is 0 Å². The van der Waals surface area contributed by atoms with E-state index >= 15 is 0 Å². The van der Waals surface area contributed by atoms with Crippen molar-refractivity contribution in [3.63, 3.8) is 0 Å². The van der Waals surface area contributed by atoms with E-state index in [1.807, 2.05) is 0 Å². The molecule has 0 aliphatic carbocycles. The van der Waals surface area contributed by atoms with Crippen LogP contribution in [0.3, 0.4) is 0 Å². The molecule has 0 aromatic heterocycles. The second-order valence-corrected chi connectivity index (χ2v) is 16.2. The van der Waals surface area contributed by atoms with Crippen LogP contribution in [0.5, 0.6) is 0 Å². The smallest absolute Gasteiger partial charge is 0.0000476 e. The largest absolute Gasteiger partial charge is 0.0622 e. The Morgan fingerprint density at radius 1 is 0.172 bits per heavy atom. The molecule has 0 saturated heterocycles. The summed E-state index contributed by atoms with van der Waals surface area (Å²) in [6, 6.07) is 73.0. The summed E-state index contributed by atoms with van der Waals surface area (Å²) in [5.41, 5.74) is 7.64. The van der Waals surface area contributed by atoms with E-state index in [0.717, 1.165) is 0 Å². The number of fused-ring (bicyclic) bond motifs is 10. The first-order valence-electron chi connectivity index (χ1n) is 20.4. The molecule has 0 heterocycles. The molecule has 0 radical (unpaired) electrons. The summed E-state index contributed by atoms with van der Waals surface area (Å²) in [7, 11) is 0. The van der Waals surface area contributed by atoms with E-state index in [1.165, 1.54) is 141 Å². The van der Waals surface area contributed by atoms with Gasteiger partial charge in [0.2, 0.25) is 0 Å². The maximum Gasteiger partial charge on any atom is -0.0000476 e. The highest BCUT2D eigenvalue weighted by Gasteiger charge is 2.30. The fourth-order valence-electron chi connectivity index (χ4n) is 11.4. The van der Waals surface area contributed by atoms with Crippen LogP contribution in [0.25, 0.3) is 141 Å². The second-order valence-electron chi connectivity index (χ2n) is 16.2. The maximum atomic E-state index is 2.43. The van der Waals surface area contributed by atoms with Crippen LogP contribution in [0.15, 0.2) is 194 Å². The minimum Gasteiger partial charge on any atom is -0.0622 e.